The Balaban J connectivity index is 1.71. The van der Waals surface area contributed by atoms with Gasteiger partial charge in [0.25, 0.3) is 0 Å². The summed E-state index contributed by atoms with van der Waals surface area (Å²) in [5, 5.41) is 10.3. The van der Waals surface area contributed by atoms with Crippen LogP contribution in [0.4, 0.5) is 0 Å². The van der Waals surface area contributed by atoms with Crippen LogP contribution in [-0.2, 0) is 16.8 Å². The third-order valence-electron chi connectivity index (χ3n) is 3.25. The summed E-state index contributed by atoms with van der Waals surface area (Å²) in [6.45, 7) is 7.85. The predicted molar refractivity (Wildman–Crippen MR) is 88.9 cm³/mol. The highest BCUT2D eigenvalue weighted by molar-refractivity contribution is 8.00. The van der Waals surface area contributed by atoms with Gasteiger partial charge in [0.05, 0.1) is 5.75 Å². The lowest BCUT2D eigenvalue weighted by Crippen LogP contribution is -2.28. The maximum atomic E-state index is 11.8. The molecule has 22 heavy (non-hydrogen) atoms. The van der Waals surface area contributed by atoms with Crippen LogP contribution in [0.5, 0.6) is 0 Å². The maximum absolute atomic E-state index is 11.8. The number of benzene rings is 1. The molecule has 1 aromatic carbocycles. The molecule has 5 nitrogen and oxygen atoms in total. The van der Waals surface area contributed by atoms with Crippen molar-refractivity contribution >= 4 is 17.7 Å². The molecule has 2 rings (SSSR count). The monoisotopic (exact) mass is 318 g/mol. The normalized spacial score (nSPS) is 11.4. The van der Waals surface area contributed by atoms with E-state index in [1.807, 2.05) is 4.57 Å². The minimum Gasteiger partial charge on any atom is -0.354 e. The summed E-state index contributed by atoms with van der Waals surface area (Å²) in [4.78, 5) is 12.9. The number of carbonyl (C=O) groups is 1. The molecule has 0 saturated carbocycles. The molecule has 1 aromatic heterocycles. The minimum absolute atomic E-state index is 0.0398. The summed E-state index contributed by atoms with van der Waals surface area (Å²) in [5.74, 6) is 0.467. The summed E-state index contributed by atoms with van der Waals surface area (Å²) in [6.07, 6.45) is 3.27. The van der Waals surface area contributed by atoms with E-state index in [9.17, 15) is 4.79 Å². The Bertz CT molecular complexity index is 588. The number of amides is 1. The fourth-order valence-corrected chi connectivity index (χ4v) is 2.64. The number of carbonyl (C=O) groups excluding carboxylic acids is 1. The van der Waals surface area contributed by atoms with E-state index in [1.54, 1.807) is 24.4 Å². The largest absolute Gasteiger partial charge is 0.354 e. The van der Waals surface area contributed by atoms with E-state index in [0.29, 0.717) is 18.8 Å². The van der Waals surface area contributed by atoms with Crippen LogP contribution in [0.3, 0.4) is 0 Å². The summed E-state index contributed by atoms with van der Waals surface area (Å²) < 4.78 is 1.83. The molecule has 0 aliphatic rings. The Hall–Kier alpha value is -1.82. The summed E-state index contributed by atoms with van der Waals surface area (Å²) in [5.41, 5.74) is 1.46. The van der Waals surface area contributed by atoms with Gasteiger partial charge in [-0.25, -0.2) is 0 Å². The van der Waals surface area contributed by atoms with Crippen molar-refractivity contribution in [3.8, 4) is 0 Å². The van der Waals surface area contributed by atoms with Crippen molar-refractivity contribution in [3.63, 3.8) is 0 Å². The van der Waals surface area contributed by atoms with E-state index < -0.39 is 0 Å². The number of nitrogens with one attached hydrogen (secondary N) is 1. The van der Waals surface area contributed by atoms with Gasteiger partial charge in [0, 0.05) is 18.0 Å². The van der Waals surface area contributed by atoms with E-state index in [4.69, 9.17) is 0 Å². The van der Waals surface area contributed by atoms with Crippen LogP contribution in [0.15, 0.2) is 41.8 Å². The van der Waals surface area contributed by atoms with Gasteiger partial charge in [-0.05, 0) is 23.1 Å². The molecule has 0 aliphatic heterocycles. The Morgan fingerprint density at radius 1 is 1.18 bits per heavy atom. The lowest BCUT2D eigenvalue weighted by atomic mass is 9.87. The second kappa shape index (κ2) is 7.45. The SMILES string of the molecule is CC(C)(C)c1ccc(SCC(=O)NCCn2cnnc2)cc1. The predicted octanol–water partition coefficient (Wildman–Crippen LogP) is 2.48. The zero-order chi connectivity index (χ0) is 16.0. The van der Waals surface area contributed by atoms with E-state index in [2.05, 4.69) is 60.6 Å². The van der Waals surface area contributed by atoms with E-state index in [0.717, 1.165) is 4.90 Å². The maximum Gasteiger partial charge on any atom is 0.230 e. The van der Waals surface area contributed by atoms with Gasteiger partial charge in [0.15, 0.2) is 0 Å². The van der Waals surface area contributed by atoms with Crippen molar-refractivity contribution in [2.45, 2.75) is 37.6 Å². The molecule has 118 valence electrons. The average molecular weight is 318 g/mol. The van der Waals surface area contributed by atoms with Crippen LogP contribution in [0, 0.1) is 0 Å². The molecule has 0 saturated heterocycles. The summed E-state index contributed by atoms with van der Waals surface area (Å²) in [7, 11) is 0. The highest BCUT2D eigenvalue weighted by Gasteiger charge is 2.13. The van der Waals surface area contributed by atoms with Gasteiger partial charge in [-0.1, -0.05) is 32.9 Å². The van der Waals surface area contributed by atoms with Crippen LogP contribution >= 0.6 is 11.8 Å². The van der Waals surface area contributed by atoms with Crippen molar-refractivity contribution in [1.29, 1.82) is 0 Å². The van der Waals surface area contributed by atoms with Gasteiger partial charge in [0.2, 0.25) is 5.91 Å². The molecule has 0 atom stereocenters. The van der Waals surface area contributed by atoms with Gasteiger partial charge in [-0.15, -0.1) is 22.0 Å². The molecule has 0 bridgehead atoms. The zero-order valence-electron chi connectivity index (χ0n) is 13.2. The number of rotatable bonds is 6. The topological polar surface area (TPSA) is 59.8 Å². The lowest BCUT2D eigenvalue weighted by molar-refractivity contribution is -0.118. The molecule has 6 heteroatoms. The van der Waals surface area contributed by atoms with E-state index in [-0.39, 0.29) is 11.3 Å². The minimum atomic E-state index is 0.0398. The smallest absolute Gasteiger partial charge is 0.230 e. The van der Waals surface area contributed by atoms with E-state index >= 15 is 0 Å². The number of aromatic nitrogens is 3. The zero-order valence-corrected chi connectivity index (χ0v) is 14.1. The first-order valence-electron chi connectivity index (χ1n) is 7.27. The van der Waals surface area contributed by atoms with Crippen molar-refractivity contribution in [2.75, 3.05) is 12.3 Å². The highest BCUT2D eigenvalue weighted by atomic mass is 32.2. The fourth-order valence-electron chi connectivity index (χ4n) is 1.91. The standard InChI is InChI=1S/C16H22N4OS/c1-16(2,3)13-4-6-14(7-5-13)22-10-15(21)17-8-9-20-11-18-19-12-20/h4-7,11-12H,8-10H2,1-3H3,(H,17,21). The third kappa shape index (κ3) is 5.18. The second-order valence-corrected chi connectivity index (χ2v) is 7.16. The number of thioether (sulfide) groups is 1. The van der Waals surface area contributed by atoms with Crippen LogP contribution in [0.25, 0.3) is 0 Å². The first-order valence-corrected chi connectivity index (χ1v) is 8.26. The first kappa shape index (κ1) is 16.5. The third-order valence-corrected chi connectivity index (χ3v) is 4.26. The van der Waals surface area contributed by atoms with Gasteiger partial charge in [-0.3, -0.25) is 4.79 Å². The molecule has 1 heterocycles. The van der Waals surface area contributed by atoms with Crippen LogP contribution in [0.2, 0.25) is 0 Å². The van der Waals surface area contributed by atoms with Crippen molar-refractivity contribution in [1.82, 2.24) is 20.1 Å². The molecule has 2 aromatic rings. The molecule has 1 amide bonds. The molecule has 0 fully saturated rings. The Morgan fingerprint density at radius 2 is 1.82 bits per heavy atom. The van der Waals surface area contributed by atoms with Crippen LogP contribution < -0.4 is 5.32 Å². The number of hydrogen-bond donors (Lipinski definition) is 1. The molecule has 0 radical (unpaired) electrons. The van der Waals surface area contributed by atoms with Gasteiger partial charge < -0.3 is 9.88 Å². The molecular formula is C16H22N4OS. The van der Waals surface area contributed by atoms with Crippen LogP contribution in [0.1, 0.15) is 26.3 Å². The van der Waals surface area contributed by atoms with Gasteiger partial charge >= 0.3 is 0 Å². The summed E-state index contributed by atoms with van der Waals surface area (Å²) in [6, 6.07) is 8.42. The van der Waals surface area contributed by atoms with E-state index in [1.165, 1.54) is 5.56 Å². The second-order valence-electron chi connectivity index (χ2n) is 6.11. The van der Waals surface area contributed by atoms with Crippen molar-refractivity contribution in [3.05, 3.63) is 42.5 Å². The molecule has 0 spiro atoms. The quantitative estimate of drug-likeness (QED) is 0.831. The van der Waals surface area contributed by atoms with Crippen LogP contribution in [-0.4, -0.2) is 33.0 Å². The molecule has 0 aliphatic carbocycles. The van der Waals surface area contributed by atoms with Crippen molar-refractivity contribution < 1.29 is 4.79 Å². The molecule has 1 N–H and O–H groups in total. The molecular weight excluding hydrogens is 296 g/mol. The Morgan fingerprint density at radius 3 is 2.41 bits per heavy atom. The Kier molecular flexibility index (Phi) is 5.60. The number of nitrogens with zero attached hydrogens (tertiary/aromatic N) is 3. The van der Waals surface area contributed by atoms with Gasteiger partial charge in [-0.2, -0.15) is 0 Å². The Labute approximate surface area is 135 Å². The summed E-state index contributed by atoms with van der Waals surface area (Å²) >= 11 is 1.55. The van der Waals surface area contributed by atoms with Crippen molar-refractivity contribution in [2.24, 2.45) is 0 Å². The first-order chi connectivity index (χ1) is 10.4. The average Bonchev–Trinajstić information content (AvgIpc) is 2.98. The lowest BCUT2D eigenvalue weighted by Gasteiger charge is -2.19. The fraction of sp³-hybridized carbons (Fsp3) is 0.438. The molecule has 0 unspecified atom stereocenters. The number of hydrogen-bond acceptors (Lipinski definition) is 4. The van der Waals surface area contributed by atoms with Gasteiger partial charge in [0.1, 0.15) is 12.7 Å². The highest BCUT2D eigenvalue weighted by Crippen LogP contribution is 2.25.